The maximum Gasteiger partial charge on any atom is 0.331 e. The Bertz CT molecular complexity index is 1250. The Morgan fingerprint density at radius 3 is 1.94 bits per heavy atom. The van der Waals surface area contributed by atoms with Crippen LogP contribution < -0.4 is 10.6 Å². The Balaban J connectivity index is 1.74. The summed E-state index contributed by atoms with van der Waals surface area (Å²) in [5, 5.41) is 13.9. The smallest absolute Gasteiger partial charge is 0.331 e. The van der Waals surface area contributed by atoms with Gasteiger partial charge in [-0.15, -0.1) is 11.8 Å². The summed E-state index contributed by atoms with van der Waals surface area (Å²) in [7, 11) is 0. The van der Waals surface area contributed by atoms with Gasteiger partial charge < -0.3 is 15.7 Å². The van der Waals surface area contributed by atoms with Crippen LogP contribution in [0.3, 0.4) is 0 Å². The van der Waals surface area contributed by atoms with Crippen molar-refractivity contribution in [2.75, 3.05) is 10.6 Å². The molecule has 0 aliphatic carbocycles. The molecule has 3 aromatic rings. The molecule has 35 heavy (non-hydrogen) atoms. The molecule has 0 saturated carbocycles. The molecule has 3 rings (SSSR count). The fourth-order valence-electron chi connectivity index (χ4n) is 3.09. The largest absolute Gasteiger partial charge is 0.478 e. The van der Waals surface area contributed by atoms with Crippen LogP contribution in [0.4, 0.5) is 11.4 Å². The van der Waals surface area contributed by atoms with Gasteiger partial charge in [0.15, 0.2) is 5.78 Å². The van der Waals surface area contributed by atoms with Gasteiger partial charge in [-0.05, 0) is 67.9 Å². The van der Waals surface area contributed by atoms with Crippen molar-refractivity contribution in [2.24, 2.45) is 0 Å². The number of benzene rings is 3. The first-order valence-electron chi connectivity index (χ1n) is 10.7. The average Bonchev–Trinajstić information content (AvgIpc) is 2.84. The Hall–Kier alpha value is -4.17. The van der Waals surface area contributed by atoms with E-state index >= 15 is 0 Å². The second-order valence-electron chi connectivity index (χ2n) is 7.68. The first kappa shape index (κ1) is 25.5. The molecule has 8 heteroatoms. The summed E-state index contributed by atoms with van der Waals surface area (Å²) in [6, 6.07) is 23.0. The second-order valence-corrected chi connectivity index (χ2v) is 8.86. The number of aliphatic carboxylic acids is 1. The molecule has 3 aromatic carbocycles. The van der Waals surface area contributed by atoms with Gasteiger partial charge in [0.05, 0.1) is 0 Å². The van der Waals surface area contributed by atoms with Crippen molar-refractivity contribution in [3.05, 3.63) is 102 Å². The van der Waals surface area contributed by atoms with Crippen LogP contribution in [-0.4, -0.2) is 28.7 Å². The molecule has 0 heterocycles. The van der Waals surface area contributed by atoms with Crippen molar-refractivity contribution in [3.63, 3.8) is 0 Å². The number of thioether (sulfide) groups is 1. The summed E-state index contributed by atoms with van der Waals surface area (Å²) >= 11 is 1.35. The summed E-state index contributed by atoms with van der Waals surface area (Å²) < 4.78 is 0. The number of carboxylic acids is 1. The molecule has 0 aliphatic heterocycles. The normalized spacial score (nSPS) is 11.9. The first-order valence-corrected chi connectivity index (χ1v) is 11.6. The maximum atomic E-state index is 13.2. The van der Waals surface area contributed by atoms with Crippen molar-refractivity contribution >= 4 is 46.7 Å². The number of anilines is 2. The van der Waals surface area contributed by atoms with E-state index in [0.717, 1.165) is 16.5 Å². The summed E-state index contributed by atoms with van der Waals surface area (Å²) in [5.74, 6) is -1.97. The van der Waals surface area contributed by atoms with Crippen LogP contribution in [0.1, 0.15) is 35.0 Å². The lowest BCUT2D eigenvalue weighted by molar-refractivity contribution is -0.132. The molecule has 2 amide bonds. The predicted octanol–water partition coefficient (Wildman–Crippen LogP) is 5.33. The van der Waals surface area contributed by atoms with Crippen LogP contribution in [0.2, 0.25) is 0 Å². The molecular weight excluding hydrogens is 464 g/mol. The van der Waals surface area contributed by atoms with Crippen molar-refractivity contribution in [1.29, 1.82) is 0 Å². The number of carboxylic acid groups (broad SMARTS) is 1. The fraction of sp³-hybridized carbons (Fsp3) is 0.111. The van der Waals surface area contributed by atoms with Gasteiger partial charge in [0, 0.05) is 33.5 Å². The lowest BCUT2D eigenvalue weighted by Crippen LogP contribution is -2.19. The zero-order valence-corrected chi connectivity index (χ0v) is 20.0. The van der Waals surface area contributed by atoms with Gasteiger partial charge >= 0.3 is 5.97 Å². The SMILES string of the molecule is CC(=O)c1ccc(NC(=O)C(Sc2ccc(NC(=O)C=C(C)C(=O)O)cc2)c2ccccc2)cc1. The maximum absolute atomic E-state index is 13.2. The number of carbonyl (C=O) groups is 4. The summed E-state index contributed by atoms with van der Waals surface area (Å²) in [5.41, 5.74) is 2.41. The monoisotopic (exact) mass is 488 g/mol. The van der Waals surface area contributed by atoms with Crippen molar-refractivity contribution < 1.29 is 24.3 Å². The van der Waals surface area contributed by atoms with E-state index in [2.05, 4.69) is 10.6 Å². The highest BCUT2D eigenvalue weighted by molar-refractivity contribution is 8.00. The van der Waals surface area contributed by atoms with Gasteiger partial charge in [0.1, 0.15) is 5.25 Å². The third kappa shape index (κ3) is 7.41. The minimum absolute atomic E-state index is 0.0479. The Morgan fingerprint density at radius 1 is 0.800 bits per heavy atom. The first-order chi connectivity index (χ1) is 16.7. The van der Waals surface area contributed by atoms with E-state index in [1.54, 1.807) is 48.5 Å². The van der Waals surface area contributed by atoms with E-state index in [1.807, 2.05) is 30.3 Å². The lowest BCUT2D eigenvalue weighted by Gasteiger charge is -2.17. The number of rotatable bonds is 9. The lowest BCUT2D eigenvalue weighted by atomic mass is 10.1. The summed E-state index contributed by atoms with van der Waals surface area (Å²) in [6.07, 6.45) is 1.02. The van der Waals surface area contributed by atoms with Crippen LogP contribution in [0.5, 0.6) is 0 Å². The van der Waals surface area contributed by atoms with E-state index in [1.165, 1.54) is 25.6 Å². The van der Waals surface area contributed by atoms with Gasteiger partial charge in [0.2, 0.25) is 11.8 Å². The van der Waals surface area contributed by atoms with E-state index in [9.17, 15) is 19.2 Å². The highest BCUT2D eigenvalue weighted by Gasteiger charge is 2.22. The van der Waals surface area contributed by atoms with Crippen LogP contribution in [0.25, 0.3) is 0 Å². The molecule has 0 fully saturated rings. The van der Waals surface area contributed by atoms with Gasteiger partial charge in [0.25, 0.3) is 0 Å². The Morgan fingerprint density at radius 2 is 1.37 bits per heavy atom. The molecule has 0 aromatic heterocycles. The van der Waals surface area contributed by atoms with Gasteiger partial charge in [-0.25, -0.2) is 4.79 Å². The Labute approximate surface area is 207 Å². The highest BCUT2D eigenvalue weighted by Crippen LogP contribution is 2.36. The minimum atomic E-state index is -1.16. The number of carbonyl (C=O) groups excluding carboxylic acids is 3. The molecule has 0 spiro atoms. The summed E-state index contributed by atoms with van der Waals surface area (Å²) in [6.45, 7) is 2.83. The van der Waals surface area contributed by atoms with Gasteiger partial charge in [-0.2, -0.15) is 0 Å². The predicted molar refractivity (Wildman–Crippen MR) is 137 cm³/mol. The third-order valence-corrected chi connectivity index (χ3v) is 6.23. The van der Waals surface area contributed by atoms with Crippen molar-refractivity contribution in [2.45, 2.75) is 24.0 Å². The molecule has 7 nitrogen and oxygen atoms in total. The standard InChI is InChI=1S/C27H24N2O5S/c1-17(27(33)34)16-24(31)28-21-12-14-23(15-13-21)35-25(20-6-4-3-5-7-20)26(32)29-22-10-8-19(9-11-22)18(2)30/h3-16,25H,1-2H3,(H,28,31)(H,29,32)(H,33,34). The van der Waals surface area contributed by atoms with Crippen molar-refractivity contribution in [1.82, 2.24) is 0 Å². The van der Waals surface area contributed by atoms with Gasteiger partial charge in [-0.3, -0.25) is 14.4 Å². The molecule has 0 aliphatic rings. The van der Waals surface area contributed by atoms with E-state index in [4.69, 9.17) is 5.11 Å². The molecule has 178 valence electrons. The molecule has 0 radical (unpaired) electrons. The molecule has 1 unspecified atom stereocenters. The second kappa shape index (κ2) is 11.8. The van der Waals surface area contributed by atoms with Crippen LogP contribution in [0.15, 0.2) is 95.4 Å². The fourth-order valence-corrected chi connectivity index (χ4v) is 4.11. The van der Waals surface area contributed by atoms with E-state index < -0.39 is 17.1 Å². The Kier molecular flexibility index (Phi) is 8.58. The molecular formula is C27H24N2O5S. The quantitative estimate of drug-likeness (QED) is 0.213. The molecule has 0 bridgehead atoms. The minimum Gasteiger partial charge on any atom is -0.478 e. The van der Waals surface area contributed by atoms with Crippen LogP contribution in [0, 0.1) is 0 Å². The number of ketones is 1. The average molecular weight is 489 g/mol. The zero-order chi connectivity index (χ0) is 25.4. The molecule has 0 saturated heterocycles. The summed E-state index contributed by atoms with van der Waals surface area (Å²) in [4.78, 5) is 48.3. The molecule has 3 N–H and O–H groups in total. The van der Waals surface area contributed by atoms with E-state index in [0.29, 0.717) is 16.9 Å². The topological polar surface area (TPSA) is 113 Å². The van der Waals surface area contributed by atoms with Crippen LogP contribution >= 0.6 is 11.8 Å². The number of hydrogen-bond acceptors (Lipinski definition) is 5. The van der Waals surface area contributed by atoms with Crippen LogP contribution in [-0.2, 0) is 14.4 Å². The number of nitrogens with one attached hydrogen (secondary N) is 2. The number of Topliss-reactive ketones (excluding diaryl/α,β-unsaturated/α-hetero) is 1. The van der Waals surface area contributed by atoms with E-state index in [-0.39, 0.29) is 17.3 Å². The third-order valence-electron chi connectivity index (χ3n) is 4.96. The highest BCUT2D eigenvalue weighted by atomic mass is 32.2. The number of hydrogen-bond donors (Lipinski definition) is 3. The molecule has 1 atom stereocenters. The van der Waals surface area contributed by atoms with Crippen molar-refractivity contribution in [3.8, 4) is 0 Å². The number of amides is 2. The zero-order valence-electron chi connectivity index (χ0n) is 19.1. The van der Waals surface area contributed by atoms with Gasteiger partial charge in [-0.1, -0.05) is 30.3 Å².